The maximum Gasteiger partial charge on any atom is 0.322 e. The van der Waals surface area contributed by atoms with Crippen molar-refractivity contribution in [3.05, 3.63) is 66.2 Å². The van der Waals surface area contributed by atoms with E-state index in [0.29, 0.717) is 17.9 Å². The van der Waals surface area contributed by atoms with Gasteiger partial charge in [0.25, 0.3) is 0 Å². The Hall–Kier alpha value is -2.89. The van der Waals surface area contributed by atoms with E-state index >= 15 is 0 Å². The summed E-state index contributed by atoms with van der Waals surface area (Å²) in [4.78, 5) is 14.3. The van der Waals surface area contributed by atoms with Crippen LogP contribution in [0.15, 0.2) is 65.6 Å². The molecule has 0 amide bonds. The number of aliphatic carboxylic acids is 1. The number of nitrogens with zero attached hydrogens (tertiary/aromatic N) is 1. The lowest BCUT2D eigenvalue weighted by Gasteiger charge is -2.26. The van der Waals surface area contributed by atoms with E-state index in [0.717, 1.165) is 55.7 Å². The molecule has 1 unspecified atom stereocenters. The molecule has 0 bridgehead atoms. The second kappa shape index (κ2) is 13.8. The first-order valence-electron chi connectivity index (χ1n) is 12.3. The summed E-state index contributed by atoms with van der Waals surface area (Å²) >= 11 is 0. The standard InChI is InChI=1S/C27H33N3O6S.ClH/c1-35-23-7-9-25(10-8-23)37(33,34)29-26(27(31)32)18-20-3-4-22-19-24(6-5-21(22)17-20)36-16-2-13-30-14-11-28-12-15-30;/h3-10,17,19,26,28-29H,2,11-16,18H2,1H3,(H,31,32);1H. The Morgan fingerprint density at radius 3 is 2.37 bits per heavy atom. The summed E-state index contributed by atoms with van der Waals surface area (Å²) in [6, 6.07) is 15.8. The average molecular weight is 564 g/mol. The van der Waals surface area contributed by atoms with E-state index in [1.54, 1.807) is 0 Å². The number of sulfonamides is 1. The SMILES string of the molecule is COc1ccc(S(=O)(=O)NC(Cc2ccc3cc(OCCCN4CCNCC4)ccc3c2)C(=O)O)cc1.Cl. The van der Waals surface area contributed by atoms with Gasteiger partial charge in [-0.15, -0.1) is 12.4 Å². The molecule has 1 saturated heterocycles. The lowest BCUT2D eigenvalue weighted by atomic mass is 10.0. The van der Waals surface area contributed by atoms with Crippen molar-refractivity contribution in [1.82, 2.24) is 14.9 Å². The van der Waals surface area contributed by atoms with Crippen molar-refractivity contribution in [2.75, 3.05) is 46.4 Å². The minimum atomic E-state index is -4.03. The van der Waals surface area contributed by atoms with Gasteiger partial charge in [-0.1, -0.05) is 24.3 Å². The first-order chi connectivity index (χ1) is 17.8. The van der Waals surface area contributed by atoms with E-state index < -0.39 is 22.0 Å². The summed E-state index contributed by atoms with van der Waals surface area (Å²) < 4.78 is 38.8. The number of benzene rings is 3. The van der Waals surface area contributed by atoms with Gasteiger partial charge in [-0.25, -0.2) is 8.42 Å². The maximum atomic E-state index is 12.8. The van der Waals surface area contributed by atoms with Gasteiger partial charge < -0.3 is 24.8 Å². The molecule has 38 heavy (non-hydrogen) atoms. The van der Waals surface area contributed by atoms with E-state index in [4.69, 9.17) is 9.47 Å². The Bertz CT molecular complexity index is 1310. The summed E-state index contributed by atoms with van der Waals surface area (Å²) in [5.74, 6) is 0.0478. The zero-order valence-corrected chi connectivity index (χ0v) is 22.9. The highest BCUT2D eigenvalue weighted by atomic mass is 35.5. The number of carboxylic acids is 1. The molecule has 3 aromatic rings. The third kappa shape index (κ3) is 8.05. The van der Waals surface area contributed by atoms with Crippen LogP contribution in [0.4, 0.5) is 0 Å². The molecule has 11 heteroatoms. The lowest BCUT2D eigenvalue weighted by Crippen LogP contribution is -2.43. The molecule has 1 heterocycles. The summed E-state index contributed by atoms with van der Waals surface area (Å²) in [6.45, 7) is 5.88. The number of rotatable bonds is 12. The largest absolute Gasteiger partial charge is 0.497 e. The first kappa shape index (κ1) is 29.7. The summed E-state index contributed by atoms with van der Waals surface area (Å²) in [6.07, 6.45) is 0.963. The number of hydrogen-bond acceptors (Lipinski definition) is 7. The smallest absolute Gasteiger partial charge is 0.322 e. The molecule has 3 N–H and O–H groups in total. The molecular formula is C27H34ClN3O6S. The van der Waals surface area contributed by atoms with Crippen molar-refractivity contribution in [3.8, 4) is 11.5 Å². The molecule has 1 aliphatic rings. The lowest BCUT2D eigenvalue weighted by molar-refractivity contribution is -0.138. The fourth-order valence-corrected chi connectivity index (χ4v) is 5.52. The van der Waals surface area contributed by atoms with E-state index in [1.165, 1.54) is 31.4 Å². The molecule has 1 fully saturated rings. The maximum absolute atomic E-state index is 12.8. The predicted molar refractivity (Wildman–Crippen MR) is 149 cm³/mol. The fraction of sp³-hybridized carbons (Fsp3) is 0.370. The van der Waals surface area contributed by atoms with Gasteiger partial charge in [-0.3, -0.25) is 4.79 Å². The number of nitrogens with one attached hydrogen (secondary N) is 2. The van der Waals surface area contributed by atoms with Crippen LogP contribution in [0.3, 0.4) is 0 Å². The number of methoxy groups -OCH3 is 1. The molecule has 0 aromatic heterocycles. The van der Waals surface area contributed by atoms with Crippen molar-refractivity contribution >= 4 is 39.2 Å². The number of piperazine rings is 1. The Balaban J connectivity index is 0.00000400. The molecular weight excluding hydrogens is 530 g/mol. The Morgan fingerprint density at radius 2 is 1.68 bits per heavy atom. The molecule has 9 nitrogen and oxygen atoms in total. The van der Waals surface area contributed by atoms with Crippen LogP contribution >= 0.6 is 12.4 Å². The minimum absolute atomic E-state index is 0. The summed E-state index contributed by atoms with van der Waals surface area (Å²) in [5.41, 5.74) is 0.710. The van der Waals surface area contributed by atoms with Crippen LogP contribution in [0.1, 0.15) is 12.0 Å². The second-order valence-corrected chi connectivity index (χ2v) is 10.7. The number of ether oxygens (including phenoxy) is 2. The van der Waals surface area contributed by atoms with Crippen LogP contribution in [0.2, 0.25) is 0 Å². The van der Waals surface area contributed by atoms with Crippen LogP contribution < -0.4 is 19.5 Å². The quantitative estimate of drug-likeness (QED) is 0.288. The molecule has 0 aliphatic carbocycles. The Kier molecular flexibility index (Phi) is 10.7. The molecule has 1 atom stereocenters. The van der Waals surface area contributed by atoms with Crippen LogP contribution in [0.25, 0.3) is 10.8 Å². The topological polar surface area (TPSA) is 117 Å². The van der Waals surface area contributed by atoms with Crippen LogP contribution in [-0.2, 0) is 21.2 Å². The first-order valence-corrected chi connectivity index (χ1v) is 13.8. The van der Waals surface area contributed by atoms with Crippen molar-refractivity contribution in [1.29, 1.82) is 0 Å². The highest BCUT2D eigenvalue weighted by molar-refractivity contribution is 7.89. The average Bonchev–Trinajstić information content (AvgIpc) is 2.91. The van der Waals surface area contributed by atoms with Gasteiger partial charge in [-0.05, 0) is 65.6 Å². The van der Waals surface area contributed by atoms with E-state index in [9.17, 15) is 18.3 Å². The number of halogens is 1. The number of carboxylic acid groups (broad SMARTS) is 1. The van der Waals surface area contributed by atoms with Crippen molar-refractivity contribution in [2.24, 2.45) is 0 Å². The number of carbonyl (C=O) groups is 1. The fourth-order valence-electron chi connectivity index (χ4n) is 4.33. The molecule has 4 rings (SSSR count). The van der Waals surface area contributed by atoms with Gasteiger partial charge in [-0.2, -0.15) is 4.72 Å². The highest BCUT2D eigenvalue weighted by Gasteiger charge is 2.26. The van der Waals surface area contributed by atoms with Crippen LogP contribution in [-0.4, -0.2) is 76.9 Å². The monoisotopic (exact) mass is 563 g/mol. The third-order valence-corrected chi connectivity index (χ3v) is 7.87. The van der Waals surface area contributed by atoms with Crippen LogP contribution in [0.5, 0.6) is 11.5 Å². The zero-order chi connectivity index (χ0) is 26.3. The predicted octanol–water partition coefficient (Wildman–Crippen LogP) is 2.92. The van der Waals surface area contributed by atoms with Gasteiger partial charge in [0.15, 0.2) is 0 Å². The molecule has 1 aliphatic heterocycles. The number of hydrogen-bond donors (Lipinski definition) is 3. The Labute approximate surface area is 229 Å². The molecule has 3 aromatic carbocycles. The van der Waals surface area contributed by atoms with Gasteiger partial charge in [0.1, 0.15) is 17.5 Å². The molecule has 206 valence electrons. The second-order valence-electron chi connectivity index (χ2n) is 9.03. The van der Waals surface area contributed by atoms with Crippen LogP contribution in [0, 0.1) is 0 Å². The minimum Gasteiger partial charge on any atom is -0.497 e. The van der Waals surface area contributed by atoms with Gasteiger partial charge in [0.2, 0.25) is 10.0 Å². The van der Waals surface area contributed by atoms with Gasteiger partial charge in [0.05, 0.1) is 18.6 Å². The van der Waals surface area contributed by atoms with E-state index in [1.807, 2.05) is 36.4 Å². The third-order valence-electron chi connectivity index (χ3n) is 6.38. The van der Waals surface area contributed by atoms with Crippen molar-refractivity contribution in [2.45, 2.75) is 23.8 Å². The van der Waals surface area contributed by atoms with Crippen molar-refractivity contribution in [3.63, 3.8) is 0 Å². The molecule has 0 saturated carbocycles. The van der Waals surface area contributed by atoms with Crippen molar-refractivity contribution < 1.29 is 27.8 Å². The number of fused-ring (bicyclic) bond motifs is 1. The van der Waals surface area contributed by atoms with Gasteiger partial charge in [0, 0.05) is 32.7 Å². The van der Waals surface area contributed by atoms with E-state index in [2.05, 4.69) is 14.9 Å². The summed E-state index contributed by atoms with van der Waals surface area (Å²) in [7, 11) is -2.54. The van der Waals surface area contributed by atoms with Gasteiger partial charge >= 0.3 is 5.97 Å². The molecule has 0 radical (unpaired) electrons. The zero-order valence-electron chi connectivity index (χ0n) is 21.3. The van der Waals surface area contributed by atoms with E-state index in [-0.39, 0.29) is 23.7 Å². The normalized spacial score (nSPS) is 15.0. The Morgan fingerprint density at radius 1 is 1.03 bits per heavy atom. The molecule has 0 spiro atoms. The highest BCUT2D eigenvalue weighted by Crippen LogP contribution is 2.23. The summed E-state index contributed by atoms with van der Waals surface area (Å²) in [5, 5.41) is 14.9.